The van der Waals surface area contributed by atoms with Crippen molar-refractivity contribution >= 4 is 11.6 Å². The summed E-state index contributed by atoms with van der Waals surface area (Å²) in [6.07, 6.45) is 0. The number of aromatic nitrogens is 1. The maximum absolute atomic E-state index is 11.7. The molecule has 0 spiro atoms. The van der Waals surface area contributed by atoms with Crippen LogP contribution in [0.25, 0.3) is 11.1 Å². The van der Waals surface area contributed by atoms with Crippen LogP contribution in [0.4, 0.5) is 0 Å². The van der Waals surface area contributed by atoms with E-state index in [1.165, 1.54) is 6.07 Å². The van der Waals surface area contributed by atoms with Crippen molar-refractivity contribution in [3.05, 3.63) is 51.4 Å². The number of aromatic amines is 1. The number of pyridine rings is 1. The molecule has 1 heterocycles. The largest absolute Gasteiger partial charge is 0.506 e. The zero-order chi connectivity index (χ0) is 11.7. The lowest BCUT2D eigenvalue weighted by atomic mass is 10.1. The maximum atomic E-state index is 11.7. The van der Waals surface area contributed by atoms with Crippen molar-refractivity contribution in [1.82, 2.24) is 4.98 Å². The third kappa shape index (κ3) is 1.95. The lowest BCUT2D eigenvalue weighted by Crippen LogP contribution is -2.09. The Hall–Kier alpha value is -1.74. The first-order valence-corrected chi connectivity index (χ1v) is 5.14. The molecule has 0 atom stereocenters. The molecule has 0 radical (unpaired) electrons. The van der Waals surface area contributed by atoms with Crippen LogP contribution in [0.1, 0.15) is 5.69 Å². The molecule has 0 saturated carbocycles. The third-order valence-corrected chi connectivity index (χ3v) is 2.58. The van der Waals surface area contributed by atoms with Crippen molar-refractivity contribution in [3.63, 3.8) is 0 Å². The van der Waals surface area contributed by atoms with Crippen LogP contribution in [0.3, 0.4) is 0 Å². The summed E-state index contributed by atoms with van der Waals surface area (Å²) in [5.41, 5.74) is 1.31. The molecular formula is C12H10ClNO2. The molecule has 2 N–H and O–H groups in total. The highest BCUT2D eigenvalue weighted by atomic mass is 35.5. The predicted octanol–water partition coefficient (Wildman–Crippen LogP) is 2.71. The van der Waals surface area contributed by atoms with Gasteiger partial charge in [-0.05, 0) is 30.7 Å². The van der Waals surface area contributed by atoms with E-state index in [1.807, 2.05) is 0 Å². The minimum Gasteiger partial charge on any atom is -0.506 e. The van der Waals surface area contributed by atoms with E-state index in [0.29, 0.717) is 21.8 Å². The fraction of sp³-hybridized carbons (Fsp3) is 0.0833. The number of hydrogen-bond acceptors (Lipinski definition) is 2. The van der Waals surface area contributed by atoms with Crippen molar-refractivity contribution < 1.29 is 5.11 Å². The molecule has 0 fully saturated rings. The lowest BCUT2D eigenvalue weighted by molar-refractivity contribution is 0.467. The van der Waals surface area contributed by atoms with E-state index in [9.17, 15) is 9.90 Å². The van der Waals surface area contributed by atoms with Crippen LogP contribution in [0.2, 0.25) is 5.02 Å². The van der Waals surface area contributed by atoms with Gasteiger partial charge in [-0.15, -0.1) is 0 Å². The SMILES string of the molecule is Cc1[nH]c(=O)c(-c2cccc(Cl)c2)cc1O. The van der Waals surface area contributed by atoms with Gasteiger partial charge in [-0.1, -0.05) is 23.7 Å². The molecule has 2 aromatic rings. The standard InChI is InChI=1S/C12H10ClNO2/c1-7-11(15)6-10(12(16)14-7)8-3-2-4-9(13)5-8/h2-6,15H,1H3,(H,14,16). The quantitative estimate of drug-likeness (QED) is 0.799. The second-order valence-electron chi connectivity index (χ2n) is 3.53. The van der Waals surface area contributed by atoms with Crippen LogP contribution < -0.4 is 5.56 Å². The molecule has 3 nitrogen and oxygen atoms in total. The number of aryl methyl sites for hydroxylation is 1. The zero-order valence-electron chi connectivity index (χ0n) is 8.62. The molecule has 4 heteroatoms. The molecule has 1 aromatic carbocycles. The van der Waals surface area contributed by atoms with Crippen molar-refractivity contribution in [2.24, 2.45) is 0 Å². The first kappa shape index (κ1) is 10.8. The summed E-state index contributed by atoms with van der Waals surface area (Å²) >= 11 is 5.84. The van der Waals surface area contributed by atoms with Crippen molar-refractivity contribution in [2.45, 2.75) is 6.92 Å². The summed E-state index contributed by atoms with van der Waals surface area (Å²) in [6, 6.07) is 8.38. The Morgan fingerprint density at radius 1 is 1.31 bits per heavy atom. The minimum absolute atomic E-state index is 0.0644. The summed E-state index contributed by atoms with van der Waals surface area (Å²) in [7, 11) is 0. The van der Waals surface area contributed by atoms with Gasteiger partial charge in [0.1, 0.15) is 5.75 Å². The van der Waals surface area contributed by atoms with Gasteiger partial charge in [0.05, 0.1) is 11.3 Å². The summed E-state index contributed by atoms with van der Waals surface area (Å²) in [6.45, 7) is 1.64. The fourth-order valence-electron chi connectivity index (χ4n) is 1.48. The Labute approximate surface area is 97.3 Å². The summed E-state index contributed by atoms with van der Waals surface area (Å²) in [4.78, 5) is 14.3. The van der Waals surface area contributed by atoms with Gasteiger partial charge in [0.15, 0.2) is 0 Å². The lowest BCUT2D eigenvalue weighted by Gasteiger charge is -2.04. The summed E-state index contributed by atoms with van der Waals surface area (Å²) in [5, 5.41) is 10.1. The molecule has 0 bridgehead atoms. The Morgan fingerprint density at radius 2 is 2.06 bits per heavy atom. The van der Waals surface area contributed by atoms with Gasteiger partial charge in [-0.25, -0.2) is 0 Å². The van der Waals surface area contributed by atoms with Crippen molar-refractivity contribution in [2.75, 3.05) is 0 Å². The number of H-pyrrole nitrogens is 1. The maximum Gasteiger partial charge on any atom is 0.256 e. The Kier molecular flexibility index (Phi) is 2.71. The summed E-state index contributed by atoms with van der Waals surface area (Å²) in [5.74, 6) is 0.0644. The zero-order valence-corrected chi connectivity index (χ0v) is 9.38. The monoisotopic (exact) mass is 235 g/mol. The number of halogens is 1. The highest BCUT2D eigenvalue weighted by Gasteiger charge is 2.07. The molecule has 0 saturated heterocycles. The molecule has 0 aliphatic carbocycles. The van der Waals surface area contributed by atoms with E-state index < -0.39 is 0 Å². The summed E-state index contributed by atoms with van der Waals surface area (Å²) < 4.78 is 0. The van der Waals surface area contributed by atoms with Crippen molar-refractivity contribution in [3.8, 4) is 16.9 Å². The van der Waals surface area contributed by atoms with E-state index >= 15 is 0 Å². The molecular weight excluding hydrogens is 226 g/mol. The fourth-order valence-corrected chi connectivity index (χ4v) is 1.67. The van der Waals surface area contributed by atoms with E-state index in [0.717, 1.165) is 0 Å². The van der Waals surface area contributed by atoms with Gasteiger partial charge < -0.3 is 10.1 Å². The highest BCUT2D eigenvalue weighted by Crippen LogP contribution is 2.23. The third-order valence-electron chi connectivity index (χ3n) is 2.35. The molecule has 82 valence electrons. The Balaban J connectivity index is 2.65. The second kappa shape index (κ2) is 4.02. The second-order valence-corrected chi connectivity index (χ2v) is 3.97. The van der Waals surface area contributed by atoms with Crippen LogP contribution in [0.15, 0.2) is 35.1 Å². The first-order valence-electron chi connectivity index (χ1n) is 4.77. The van der Waals surface area contributed by atoms with Crippen LogP contribution in [0, 0.1) is 6.92 Å². The number of benzene rings is 1. The van der Waals surface area contributed by atoms with Crippen LogP contribution >= 0.6 is 11.6 Å². The predicted molar refractivity (Wildman–Crippen MR) is 63.9 cm³/mol. The van der Waals surface area contributed by atoms with E-state index in [1.54, 1.807) is 31.2 Å². The van der Waals surface area contributed by atoms with Crippen molar-refractivity contribution in [1.29, 1.82) is 0 Å². The first-order chi connectivity index (χ1) is 7.58. The molecule has 0 unspecified atom stereocenters. The normalized spacial score (nSPS) is 10.4. The van der Waals surface area contributed by atoms with Crippen LogP contribution in [-0.4, -0.2) is 10.1 Å². The smallest absolute Gasteiger partial charge is 0.256 e. The van der Waals surface area contributed by atoms with Gasteiger partial charge >= 0.3 is 0 Å². The van der Waals surface area contributed by atoms with Gasteiger partial charge in [-0.2, -0.15) is 0 Å². The minimum atomic E-state index is -0.238. The highest BCUT2D eigenvalue weighted by molar-refractivity contribution is 6.30. The average molecular weight is 236 g/mol. The average Bonchev–Trinajstić information content (AvgIpc) is 2.23. The number of nitrogens with one attached hydrogen (secondary N) is 1. The number of aromatic hydroxyl groups is 1. The van der Waals surface area contributed by atoms with Gasteiger partial charge in [0.25, 0.3) is 5.56 Å². The number of hydrogen-bond donors (Lipinski definition) is 2. The molecule has 0 amide bonds. The topological polar surface area (TPSA) is 53.1 Å². The van der Waals surface area contributed by atoms with Gasteiger partial charge in [-0.3, -0.25) is 4.79 Å². The Morgan fingerprint density at radius 3 is 2.75 bits per heavy atom. The van der Waals surface area contributed by atoms with Gasteiger partial charge in [0.2, 0.25) is 0 Å². The molecule has 1 aromatic heterocycles. The number of rotatable bonds is 1. The van der Waals surface area contributed by atoms with E-state index in [4.69, 9.17) is 11.6 Å². The molecule has 0 aliphatic rings. The van der Waals surface area contributed by atoms with Crippen LogP contribution in [-0.2, 0) is 0 Å². The molecule has 2 rings (SSSR count). The molecule has 16 heavy (non-hydrogen) atoms. The van der Waals surface area contributed by atoms with Crippen LogP contribution in [0.5, 0.6) is 5.75 Å². The van der Waals surface area contributed by atoms with Gasteiger partial charge in [0, 0.05) is 5.02 Å². The Bertz CT molecular complexity index is 590. The molecule has 0 aliphatic heterocycles. The van der Waals surface area contributed by atoms with E-state index in [2.05, 4.69) is 4.98 Å². The van der Waals surface area contributed by atoms with E-state index in [-0.39, 0.29) is 11.3 Å².